The minimum absolute atomic E-state index is 0.0160. The van der Waals surface area contributed by atoms with E-state index in [1.165, 1.54) is 12.1 Å². The number of ether oxygens (including phenoxy) is 1. The van der Waals surface area contributed by atoms with E-state index in [2.05, 4.69) is 0 Å². The molecule has 1 aromatic rings. The van der Waals surface area contributed by atoms with E-state index in [-0.39, 0.29) is 21.6 Å². The molecule has 0 heterocycles. The zero-order chi connectivity index (χ0) is 13.3. The van der Waals surface area contributed by atoms with E-state index in [4.69, 9.17) is 21.5 Å². The molecule has 1 fully saturated rings. The van der Waals surface area contributed by atoms with Gasteiger partial charge in [0.15, 0.2) is 0 Å². The molecule has 18 heavy (non-hydrogen) atoms. The van der Waals surface area contributed by atoms with Crippen LogP contribution in [-0.2, 0) is 14.8 Å². The van der Waals surface area contributed by atoms with Gasteiger partial charge in [-0.2, -0.15) is 0 Å². The molecule has 1 aliphatic carbocycles. The number of esters is 1. The number of rotatable bonds is 3. The van der Waals surface area contributed by atoms with Crippen LogP contribution in [0.4, 0.5) is 0 Å². The first-order valence-corrected chi connectivity index (χ1v) is 7.33. The highest BCUT2D eigenvalue weighted by molar-refractivity contribution is 7.89. The summed E-state index contributed by atoms with van der Waals surface area (Å²) in [7, 11) is -3.95. The smallest absolute Gasteiger partial charge is 0.338 e. The molecule has 2 rings (SSSR count). The monoisotopic (exact) mass is 289 g/mol. The summed E-state index contributed by atoms with van der Waals surface area (Å²) in [4.78, 5) is 11.5. The first kappa shape index (κ1) is 13.3. The van der Waals surface area contributed by atoms with Gasteiger partial charge in [-0.05, 0) is 37.5 Å². The SMILES string of the molecule is NS(=O)(=O)c1cc(C(=O)OC2CCC2)ccc1Cl. The van der Waals surface area contributed by atoms with Gasteiger partial charge in [0, 0.05) is 0 Å². The summed E-state index contributed by atoms with van der Waals surface area (Å²) in [6, 6.07) is 3.87. The third-order valence-electron chi connectivity index (χ3n) is 2.80. The molecule has 1 aromatic carbocycles. The van der Waals surface area contributed by atoms with Gasteiger partial charge in [-0.1, -0.05) is 11.6 Å². The van der Waals surface area contributed by atoms with Gasteiger partial charge in [0.05, 0.1) is 10.6 Å². The third kappa shape index (κ3) is 2.82. The fraction of sp³-hybridized carbons (Fsp3) is 0.364. The zero-order valence-corrected chi connectivity index (χ0v) is 11.0. The van der Waals surface area contributed by atoms with Gasteiger partial charge in [-0.15, -0.1) is 0 Å². The molecule has 0 radical (unpaired) electrons. The number of hydrogen-bond acceptors (Lipinski definition) is 4. The zero-order valence-electron chi connectivity index (χ0n) is 9.43. The maximum Gasteiger partial charge on any atom is 0.338 e. The Morgan fingerprint density at radius 2 is 2.06 bits per heavy atom. The maximum absolute atomic E-state index is 11.7. The van der Waals surface area contributed by atoms with Gasteiger partial charge in [-0.3, -0.25) is 0 Å². The van der Waals surface area contributed by atoms with E-state index in [0.29, 0.717) is 0 Å². The Morgan fingerprint density at radius 3 is 2.56 bits per heavy atom. The maximum atomic E-state index is 11.7. The van der Waals surface area contributed by atoms with E-state index in [1.807, 2.05) is 0 Å². The molecule has 1 aliphatic rings. The van der Waals surface area contributed by atoms with Crippen molar-refractivity contribution in [2.75, 3.05) is 0 Å². The van der Waals surface area contributed by atoms with Crippen molar-refractivity contribution in [1.29, 1.82) is 0 Å². The lowest BCUT2D eigenvalue weighted by Crippen LogP contribution is -2.25. The molecule has 0 amide bonds. The number of carbonyl (C=O) groups excluding carboxylic acids is 1. The van der Waals surface area contributed by atoms with Crippen molar-refractivity contribution < 1.29 is 17.9 Å². The molecule has 2 N–H and O–H groups in total. The van der Waals surface area contributed by atoms with Crippen LogP contribution in [0.5, 0.6) is 0 Å². The number of hydrogen-bond donors (Lipinski definition) is 1. The second-order valence-corrected chi connectivity index (χ2v) is 6.09. The average Bonchev–Trinajstić information content (AvgIpc) is 2.22. The van der Waals surface area contributed by atoms with Gasteiger partial charge >= 0.3 is 5.97 Å². The molecule has 0 aliphatic heterocycles. The van der Waals surface area contributed by atoms with Gasteiger partial charge in [0.1, 0.15) is 11.0 Å². The van der Waals surface area contributed by atoms with Crippen LogP contribution < -0.4 is 5.14 Å². The van der Waals surface area contributed by atoms with Crippen molar-refractivity contribution in [1.82, 2.24) is 0 Å². The summed E-state index contributed by atoms with van der Waals surface area (Å²) in [6.45, 7) is 0. The van der Waals surface area contributed by atoms with Gasteiger partial charge in [0.2, 0.25) is 10.0 Å². The molecular weight excluding hydrogens is 278 g/mol. The highest BCUT2D eigenvalue weighted by atomic mass is 35.5. The lowest BCUT2D eigenvalue weighted by molar-refractivity contribution is 0.00898. The minimum atomic E-state index is -3.95. The van der Waals surface area contributed by atoms with Gasteiger partial charge in [0.25, 0.3) is 0 Å². The summed E-state index contributed by atoms with van der Waals surface area (Å²) < 4.78 is 27.7. The first-order valence-electron chi connectivity index (χ1n) is 5.41. The predicted octanol–water partition coefficient (Wildman–Crippen LogP) is 1.70. The molecular formula is C11H12ClNO4S. The Morgan fingerprint density at radius 1 is 1.39 bits per heavy atom. The Hall–Kier alpha value is -1.11. The molecule has 98 valence electrons. The number of nitrogens with two attached hydrogens (primary N) is 1. The Kier molecular flexibility index (Phi) is 3.61. The molecule has 0 aromatic heterocycles. The van der Waals surface area contributed by atoms with Crippen LogP contribution in [-0.4, -0.2) is 20.5 Å². The van der Waals surface area contributed by atoms with Crippen LogP contribution in [0.1, 0.15) is 29.6 Å². The molecule has 0 saturated heterocycles. The standard InChI is InChI=1S/C11H12ClNO4S/c12-9-5-4-7(6-10(9)18(13,15)16)11(14)17-8-2-1-3-8/h4-6,8H,1-3H2,(H2,13,15,16). The summed E-state index contributed by atoms with van der Waals surface area (Å²) in [5.41, 5.74) is 0.135. The van der Waals surface area contributed by atoms with E-state index >= 15 is 0 Å². The number of carbonyl (C=O) groups is 1. The quantitative estimate of drug-likeness (QED) is 0.858. The van der Waals surface area contributed by atoms with Crippen molar-refractivity contribution in [3.63, 3.8) is 0 Å². The summed E-state index contributed by atoms with van der Waals surface area (Å²) in [5, 5.41) is 4.98. The number of benzene rings is 1. The molecule has 0 unspecified atom stereocenters. The molecule has 1 saturated carbocycles. The van der Waals surface area contributed by atoms with E-state index in [0.717, 1.165) is 25.3 Å². The fourth-order valence-electron chi connectivity index (χ4n) is 1.56. The van der Waals surface area contributed by atoms with Crippen molar-refractivity contribution in [2.24, 2.45) is 5.14 Å². The summed E-state index contributed by atoms with van der Waals surface area (Å²) >= 11 is 5.72. The van der Waals surface area contributed by atoms with Gasteiger partial charge < -0.3 is 4.74 Å². The lowest BCUT2D eigenvalue weighted by atomic mass is 9.96. The molecule has 5 nitrogen and oxygen atoms in total. The average molecular weight is 290 g/mol. The number of sulfonamides is 1. The Balaban J connectivity index is 2.26. The molecule has 0 spiro atoms. The highest BCUT2D eigenvalue weighted by Gasteiger charge is 2.23. The van der Waals surface area contributed by atoms with E-state index < -0.39 is 16.0 Å². The Bertz CT molecular complexity index is 581. The van der Waals surface area contributed by atoms with Crippen LogP contribution in [0.2, 0.25) is 5.02 Å². The van der Waals surface area contributed by atoms with Crippen LogP contribution in [0.25, 0.3) is 0 Å². The molecule has 0 bridgehead atoms. The highest BCUT2D eigenvalue weighted by Crippen LogP contribution is 2.25. The topological polar surface area (TPSA) is 86.5 Å². The van der Waals surface area contributed by atoms with Crippen molar-refractivity contribution in [3.05, 3.63) is 28.8 Å². The second-order valence-electron chi connectivity index (χ2n) is 4.15. The van der Waals surface area contributed by atoms with Gasteiger partial charge in [-0.25, -0.2) is 18.4 Å². The normalized spacial score (nSPS) is 16.1. The predicted molar refractivity (Wildman–Crippen MR) is 65.9 cm³/mol. The Labute approximate surface area is 110 Å². The summed E-state index contributed by atoms with van der Waals surface area (Å²) in [5.74, 6) is -0.554. The largest absolute Gasteiger partial charge is 0.459 e. The van der Waals surface area contributed by atoms with Crippen LogP contribution >= 0.6 is 11.6 Å². The van der Waals surface area contributed by atoms with Crippen molar-refractivity contribution in [2.45, 2.75) is 30.3 Å². The van der Waals surface area contributed by atoms with Crippen LogP contribution in [0.3, 0.4) is 0 Å². The lowest BCUT2D eigenvalue weighted by Gasteiger charge is -2.25. The van der Waals surface area contributed by atoms with Crippen LogP contribution in [0, 0.1) is 0 Å². The number of halogens is 1. The second kappa shape index (κ2) is 4.87. The van der Waals surface area contributed by atoms with Crippen molar-refractivity contribution in [3.8, 4) is 0 Å². The summed E-state index contributed by atoms with van der Waals surface area (Å²) in [6.07, 6.45) is 2.68. The first-order chi connectivity index (χ1) is 8.38. The van der Waals surface area contributed by atoms with Crippen LogP contribution in [0.15, 0.2) is 23.1 Å². The number of primary sulfonamides is 1. The fourth-order valence-corrected chi connectivity index (χ4v) is 2.63. The van der Waals surface area contributed by atoms with Crippen molar-refractivity contribution >= 4 is 27.6 Å². The molecule has 7 heteroatoms. The molecule has 0 atom stereocenters. The van der Waals surface area contributed by atoms with E-state index in [1.54, 1.807) is 0 Å². The minimum Gasteiger partial charge on any atom is -0.459 e. The third-order valence-corrected chi connectivity index (χ3v) is 4.19. The van der Waals surface area contributed by atoms with E-state index in [9.17, 15) is 13.2 Å².